The number of hydrogen-bond donors (Lipinski definition) is 2. The number of para-hydroxylation sites is 1. The van der Waals surface area contributed by atoms with Crippen molar-refractivity contribution in [1.29, 1.82) is 0 Å². The SMILES string of the molecule is CCCCCCCCCCCC(CNC)C(CCCCC)c1ccc2c(c1Nc1ccccc1)C(=O)c1ccccc1C2=O. The highest BCUT2D eigenvalue weighted by atomic mass is 16.1. The number of carbonyl (C=O) groups excluding carboxylic acids is 2. The lowest BCUT2D eigenvalue weighted by atomic mass is 9.75. The maximum Gasteiger partial charge on any atom is 0.196 e. The highest BCUT2D eigenvalue weighted by Gasteiger charge is 2.35. The normalized spacial score (nSPS) is 13.8. The van der Waals surface area contributed by atoms with Crippen molar-refractivity contribution in [2.75, 3.05) is 18.9 Å². The lowest BCUT2D eigenvalue weighted by Crippen LogP contribution is -2.27. The van der Waals surface area contributed by atoms with Crippen LogP contribution in [0.4, 0.5) is 11.4 Å². The van der Waals surface area contributed by atoms with Crippen LogP contribution >= 0.6 is 0 Å². The van der Waals surface area contributed by atoms with E-state index in [1.807, 2.05) is 48.5 Å². The summed E-state index contributed by atoms with van der Waals surface area (Å²) in [6.07, 6.45) is 17.7. The van der Waals surface area contributed by atoms with Crippen LogP contribution in [0.1, 0.15) is 147 Å². The number of hydrogen-bond acceptors (Lipinski definition) is 4. The summed E-state index contributed by atoms with van der Waals surface area (Å²) < 4.78 is 0. The Balaban J connectivity index is 1.66. The molecule has 4 rings (SSSR count). The first-order chi connectivity index (χ1) is 21.6. The van der Waals surface area contributed by atoms with E-state index < -0.39 is 0 Å². The van der Waals surface area contributed by atoms with E-state index in [1.165, 1.54) is 76.2 Å². The van der Waals surface area contributed by atoms with Gasteiger partial charge in [-0.2, -0.15) is 0 Å². The first-order valence-electron chi connectivity index (χ1n) is 17.4. The second kappa shape index (κ2) is 17.9. The second-order valence-corrected chi connectivity index (χ2v) is 12.7. The number of fused-ring (bicyclic) bond motifs is 2. The molecule has 3 aromatic carbocycles. The van der Waals surface area contributed by atoms with E-state index >= 15 is 0 Å². The molecule has 0 aliphatic heterocycles. The Bertz CT molecular complexity index is 1330. The molecule has 0 saturated carbocycles. The van der Waals surface area contributed by atoms with Gasteiger partial charge in [-0.15, -0.1) is 0 Å². The summed E-state index contributed by atoms with van der Waals surface area (Å²) in [5.41, 5.74) is 4.95. The number of anilines is 2. The third kappa shape index (κ3) is 8.69. The molecule has 0 aromatic heterocycles. The lowest BCUT2D eigenvalue weighted by Gasteiger charge is -2.32. The highest BCUT2D eigenvalue weighted by molar-refractivity contribution is 6.30. The van der Waals surface area contributed by atoms with Crippen molar-refractivity contribution < 1.29 is 9.59 Å². The fourth-order valence-electron chi connectivity index (χ4n) is 7.00. The number of carbonyl (C=O) groups is 2. The summed E-state index contributed by atoms with van der Waals surface area (Å²) in [7, 11) is 2.06. The fourth-order valence-corrected chi connectivity index (χ4v) is 7.00. The zero-order valence-electron chi connectivity index (χ0n) is 27.4. The van der Waals surface area contributed by atoms with Crippen molar-refractivity contribution in [3.8, 4) is 0 Å². The monoisotopic (exact) mass is 594 g/mol. The van der Waals surface area contributed by atoms with Crippen molar-refractivity contribution in [2.45, 2.75) is 110 Å². The van der Waals surface area contributed by atoms with E-state index in [4.69, 9.17) is 0 Å². The molecule has 236 valence electrons. The van der Waals surface area contributed by atoms with Gasteiger partial charge in [-0.3, -0.25) is 9.59 Å². The van der Waals surface area contributed by atoms with Crippen molar-refractivity contribution >= 4 is 22.9 Å². The van der Waals surface area contributed by atoms with Crippen LogP contribution in [0, 0.1) is 5.92 Å². The molecule has 3 aromatic rings. The molecule has 4 nitrogen and oxygen atoms in total. The summed E-state index contributed by atoms with van der Waals surface area (Å²) in [4.78, 5) is 27.8. The van der Waals surface area contributed by atoms with E-state index in [9.17, 15) is 9.59 Å². The molecule has 0 fully saturated rings. The standard InChI is InChI=1S/C40H54N2O2/c1-4-6-8-9-10-11-12-13-16-21-30(29-41-3)32(24-15-7-5-2)33-27-28-36-37(38(33)42-31-22-17-14-18-23-31)40(44)35-26-20-19-25-34(35)39(36)43/h14,17-20,22-23,25-28,30,32,41-42H,4-13,15-16,21,24,29H2,1-3H3. The summed E-state index contributed by atoms with van der Waals surface area (Å²) >= 11 is 0. The maximum absolute atomic E-state index is 14.1. The first-order valence-corrected chi connectivity index (χ1v) is 17.4. The molecule has 0 radical (unpaired) electrons. The zero-order valence-corrected chi connectivity index (χ0v) is 27.4. The quantitative estimate of drug-likeness (QED) is 0.0999. The van der Waals surface area contributed by atoms with Crippen LogP contribution in [0.5, 0.6) is 0 Å². The molecule has 0 heterocycles. The Morgan fingerprint density at radius 3 is 1.82 bits per heavy atom. The molecule has 0 spiro atoms. The van der Waals surface area contributed by atoms with Gasteiger partial charge in [-0.25, -0.2) is 0 Å². The molecular weight excluding hydrogens is 540 g/mol. The highest BCUT2D eigenvalue weighted by Crippen LogP contribution is 2.43. The number of unbranched alkanes of at least 4 members (excludes halogenated alkanes) is 10. The van der Waals surface area contributed by atoms with Gasteiger partial charge in [0.1, 0.15) is 0 Å². The average Bonchev–Trinajstić information content (AvgIpc) is 3.05. The van der Waals surface area contributed by atoms with Crippen LogP contribution in [-0.2, 0) is 0 Å². The van der Waals surface area contributed by atoms with Gasteiger partial charge in [0, 0.05) is 22.4 Å². The minimum atomic E-state index is -0.0677. The minimum absolute atomic E-state index is 0.0631. The number of nitrogens with one attached hydrogen (secondary N) is 2. The smallest absolute Gasteiger partial charge is 0.196 e. The van der Waals surface area contributed by atoms with Gasteiger partial charge >= 0.3 is 0 Å². The fraction of sp³-hybridized carbons (Fsp3) is 0.500. The van der Waals surface area contributed by atoms with Crippen LogP contribution in [0.15, 0.2) is 66.7 Å². The number of rotatable bonds is 20. The van der Waals surface area contributed by atoms with Crippen LogP contribution in [0.3, 0.4) is 0 Å². The third-order valence-corrected chi connectivity index (χ3v) is 9.40. The molecule has 2 unspecified atom stereocenters. The van der Waals surface area contributed by atoms with Crippen molar-refractivity contribution in [3.63, 3.8) is 0 Å². The van der Waals surface area contributed by atoms with E-state index in [0.717, 1.165) is 37.2 Å². The van der Waals surface area contributed by atoms with Gasteiger partial charge in [0.15, 0.2) is 11.6 Å². The number of benzene rings is 3. The third-order valence-electron chi connectivity index (χ3n) is 9.40. The predicted molar refractivity (Wildman–Crippen MR) is 186 cm³/mol. The molecule has 0 saturated heterocycles. The lowest BCUT2D eigenvalue weighted by molar-refractivity contribution is 0.0979. The van der Waals surface area contributed by atoms with E-state index in [-0.39, 0.29) is 17.5 Å². The molecule has 44 heavy (non-hydrogen) atoms. The molecule has 1 aliphatic carbocycles. The Morgan fingerprint density at radius 1 is 0.591 bits per heavy atom. The Labute approximate surface area is 266 Å². The van der Waals surface area contributed by atoms with Gasteiger partial charge in [0.2, 0.25) is 0 Å². The van der Waals surface area contributed by atoms with E-state index in [0.29, 0.717) is 28.2 Å². The predicted octanol–water partition coefficient (Wildman–Crippen LogP) is 10.6. The van der Waals surface area contributed by atoms with Crippen LogP contribution in [-0.4, -0.2) is 25.2 Å². The Morgan fingerprint density at radius 2 is 1.16 bits per heavy atom. The zero-order chi connectivity index (χ0) is 31.1. The van der Waals surface area contributed by atoms with Gasteiger partial charge in [-0.1, -0.05) is 139 Å². The van der Waals surface area contributed by atoms with Gasteiger partial charge < -0.3 is 10.6 Å². The van der Waals surface area contributed by atoms with E-state index in [1.54, 1.807) is 12.1 Å². The van der Waals surface area contributed by atoms with Crippen LogP contribution < -0.4 is 10.6 Å². The average molecular weight is 595 g/mol. The Hall–Kier alpha value is -3.24. The number of ketones is 2. The molecular formula is C40H54N2O2. The molecule has 0 amide bonds. The molecule has 4 heteroatoms. The molecule has 0 bridgehead atoms. The summed E-state index contributed by atoms with van der Waals surface area (Å²) in [5, 5.41) is 7.17. The maximum atomic E-state index is 14.1. The summed E-state index contributed by atoms with van der Waals surface area (Å²) in [5.74, 6) is 0.589. The van der Waals surface area contributed by atoms with Gasteiger partial charge in [-0.05, 0) is 62.0 Å². The molecule has 2 N–H and O–H groups in total. The summed E-state index contributed by atoms with van der Waals surface area (Å²) in [6, 6.07) is 21.4. The molecule has 2 atom stereocenters. The van der Waals surface area contributed by atoms with Crippen molar-refractivity contribution in [1.82, 2.24) is 5.32 Å². The first kappa shape index (κ1) is 33.6. The van der Waals surface area contributed by atoms with Gasteiger partial charge in [0.25, 0.3) is 0 Å². The van der Waals surface area contributed by atoms with Crippen LogP contribution in [0.2, 0.25) is 0 Å². The van der Waals surface area contributed by atoms with Crippen LogP contribution in [0.25, 0.3) is 0 Å². The minimum Gasteiger partial charge on any atom is -0.355 e. The van der Waals surface area contributed by atoms with Gasteiger partial charge in [0.05, 0.1) is 11.3 Å². The van der Waals surface area contributed by atoms with E-state index in [2.05, 4.69) is 37.6 Å². The topological polar surface area (TPSA) is 58.2 Å². The van der Waals surface area contributed by atoms with Crippen molar-refractivity contribution in [2.24, 2.45) is 5.92 Å². The second-order valence-electron chi connectivity index (χ2n) is 12.7. The summed E-state index contributed by atoms with van der Waals surface area (Å²) in [6.45, 7) is 5.47. The largest absolute Gasteiger partial charge is 0.355 e. The Kier molecular flexibility index (Phi) is 13.7. The van der Waals surface area contributed by atoms with Crippen molar-refractivity contribution in [3.05, 3.63) is 94.5 Å². The molecule has 1 aliphatic rings.